The molecule has 2 amide bonds. The average Bonchev–Trinajstić information content (AvgIpc) is 2.48. The summed E-state index contributed by atoms with van der Waals surface area (Å²) in [6.07, 6.45) is 1.64. The van der Waals surface area contributed by atoms with Crippen LogP contribution >= 0.6 is 0 Å². The first-order valence-corrected chi connectivity index (χ1v) is 9.44. The lowest BCUT2D eigenvalue weighted by Gasteiger charge is -2.11. The summed E-state index contributed by atoms with van der Waals surface area (Å²) in [5.41, 5.74) is 1.76. The highest BCUT2D eigenvalue weighted by molar-refractivity contribution is 7.89. The van der Waals surface area contributed by atoms with E-state index < -0.39 is 15.9 Å². The molecule has 7 heteroatoms. The molecule has 2 aromatic rings. The third-order valence-corrected chi connectivity index (χ3v) is 4.11. The number of hydrogen-bond donors (Lipinski definition) is 2. The van der Waals surface area contributed by atoms with Gasteiger partial charge in [-0.05, 0) is 35.7 Å². The number of carbonyl (C=O) groups excluding carboxylic acids is 1. The van der Waals surface area contributed by atoms with Crippen LogP contribution in [0.25, 0.3) is 0 Å². The molecule has 128 valence electrons. The number of sulfone groups is 1. The third-order valence-electron chi connectivity index (χ3n) is 3.27. The standard InChI is InChI=1S/C17H19FN2O3S/c1-24(22,23)12-14-6-2-3-8-16(14)20-17(21)19-10-9-13-5-4-7-15(18)11-13/h2-8,11H,9-10,12H2,1H3,(H2,19,20,21). The predicted molar refractivity (Wildman–Crippen MR) is 92.1 cm³/mol. The maximum atomic E-state index is 13.1. The van der Waals surface area contributed by atoms with Crippen molar-refractivity contribution in [1.82, 2.24) is 5.32 Å². The van der Waals surface area contributed by atoms with E-state index in [0.717, 1.165) is 11.8 Å². The summed E-state index contributed by atoms with van der Waals surface area (Å²) < 4.78 is 35.9. The van der Waals surface area contributed by atoms with Gasteiger partial charge in [-0.15, -0.1) is 0 Å². The summed E-state index contributed by atoms with van der Waals surface area (Å²) in [7, 11) is -3.20. The maximum Gasteiger partial charge on any atom is 0.319 e. The third kappa shape index (κ3) is 6.00. The van der Waals surface area contributed by atoms with E-state index >= 15 is 0 Å². The molecule has 0 unspecified atom stereocenters. The van der Waals surface area contributed by atoms with Gasteiger partial charge in [0.1, 0.15) is 5.82 Å². The first-order valence-electron chi connectivity index (χ1n) is 7.38. The molecule has 24 heavy (non-hydrogen) atoms. The van der Waals surface area contributed by atoms with E-state index in [4.69, 9.17) is 0 Å². The Morgan fingerprint density at radius 2 is 1.88 bits per heavy atom. The van der Waals surface area contributed by atoms with Crippen molar-refractivity contribution in [1.29, 1.82) is 0 Å². The van der Waals surface area contributed by atoms with E-state index in [9.17, 15) is 17.6 Å². The first-order chi connectivity index (χ1) is 11.3. The van der Waals surface area contributed by atoms with Crippen LogP contribution in [0.3, 0.4) is 0 Å². The minimum absolute atomic E-state index is 0.146. The second-order valence-corrected chi connectivity index (χ2v) is 7.63. The highest BCUT2D eigenvalue weighted by Crippen LogP contribution is 2.17. The van der Waals surface area contributed by atoms with Gasteiger partial charge in [-0.25, -0.2) is 17.6 Å². The van der Waals surface area contributed by atoms with Crippen molar-refractivity contribution in [2.45, 2.75) is 12.2 Å². The van der Waals surface area contributed by atoms with E-state index in [0.29, 0.717) is 24.2 Å². The number of carbonyl (C=O) groups is 1. The fourth-order valence-corrected chi connectivity index (χ4v) is 3.05. The Morgan fingerprint density at radius 1 is 1.12 bits per heavy atom. The monoisotopic (exact) mass is 350 g/mol. The Balaban J connectivity index is 1.91. The van der Waals surface area contributed by atoms with Crippen LogP contribution in [0.2, 0.25) is 0 Å². The van der Waals surface area contributed by atoms with Gasteiger partial charge in [0, 0.05) is 18.5 Å². The van der Waals surface area contributed by atoms with Crippen LogP contribution < -0.4 is 10.6 Å². The molecule has 0 fully saturated rings. The van der Waals surface area contributed by atoms with Gasteiger partial charge >= 0.3 is 6.03 Å². The number of para-hydroxylation sites is 1. The fourth-order valence-electron chi connectivity index (χ4n) is 2.23. The average molecular weight is 350 g/mol. The molecule has 0 bridgehead atoms. The second kappa shape index (κ2) is 7.92. The summed E-state index contributed by atoms with van der Waals surface area (Å²) >= 11 is 0. The maximum absolute atomic E-state index is 13.1. The second-order valence-electron chi connectivity index (χ2n) is 5.49. The molecule has 0 aromatic heterocycles. The highest BCUT2D eigenvalue weighted by atomic mass is 32.2. The number of urea groups is 1. The number of amides is 2. The Morgan fingerprint density at radius 3 is 2.58 bits per heavy atom. The number of rotatable bonds is 6. The number of hydrogen-bond acceptors (Lipinski definition) is 3. The molecule has 0 saturated heterocycles. The Hall–Kier alpha value is -2.41. The van der Waals surface area contributed by atoms with Crippen LogP contribution in [0, 0.1) is 5.82 Å². The van der Waals surface area contributed by atoms with Gasteiger partial charge < -0.3 is 10.6 Å². The fraction of sp³-hybridized carbons (Fsp3) is 0.235. The van der Waals surface area contributed by atoms with Crippen LogP contribution in [0.5, 0.6) is 0 Å². The van der Waals surface area contributed by atoms with E-state index in [-0.39, 0.29) is 11.6 Å². The van der Waals surface area contributed by atoms with Crippen molar-refractivity contribution < 1.29 is 17.6 Å². The van der Waals surface area contributed by atoms with Crippen molar-refractivity contribution in [3.8, 4) is 0 Å². The normalized spacial score (nSPS) is 11.1. The minimum Gasteiger partial charge on any atom is -0.338 e. The largest absolute Gasteiger partial charge is 0.338 e. The zero-order valence-electron chi connectivity index (χ0n) is 13.3. The summed E-state index contributed by atoms with van der Waals surface area (Å²) in [6, 6.07) is 12.5. The van der Waals surface area contributed by atoms with Crippen LogP contribution in [-0.2, 0) is 22.0 Å². The van der Waals surface area contributed by atoms with Gasteiger partial charge in [-0.2, -0.15) is 0 Å². The van der Waals surface area contributed by atoms with Crippen molar-refractivity contribution in [3.05, 3.63) is 65.5 Å². The van der Waals surface area contributed by atoms with Gasteiger partial charge in [0.15, 0.2) is 9.84 Å². The van der Waals surface area contributed by atoms with Crippen LogP contribution in [0.4, 0.5) is 14.9 Å². The Bertz CT molecular complexity index is 822. The lowest BCUT2D eigenvalue weighted by atomic mass is 10.1. The van der Waals surface area contributed by atoms with Crippen molar-refractivity contribution >= 4 is 21.6 Å². The van der Waals surface area contributed by atoms with Gasteiger partial charge in [-0.3, -0.25) is 0 Å². The van der Waals surface area contributed by atoms with Crippen LogP contribution in [-0.4, -0.2) is 27.2 Å². The number of anilines is 1. The highest BCUT2D eigenvalue weighted by Gasteiger charge is 2.11. The zero-order valence-corrected chi connectivity index (χ0v) is 14.1. The molecular weight excluding hydrogens is 331 g/mol. The summed E-state index contributed by atoms with van der Waals surface area (Å²) in [4.78, 5) is 11.9. The molecule has 0 atom stereocenters. The Kier molecular flexibility index (Phi) is 5.92. The van der Waals surface area contributed by atoms with E-state index in [1.807, 2.05) is 0 Å². The molecule has 2 N–H and O–H groups in total. The molecule has 0 radical (unpaired) electrons. The van der Waals surface area contributed by atoms with Crippen molar-refractivity contribution in [2.24, 2.45) is 0 Å². The lowest BCUT2D eigenvalue weighted by Crippen LogP contribution is -2.30. The number of halogens is 1. The number of nitrogens with one attached hydrogen (secondary N) is 2. The van der Waals surface area contributed by atoms with Crippen molar-refractivity contribution in [2.75, 3.05) is 18.1 Å². The Labute approximate surface area is 140 Å². The van der Waals surface area contributed by atoms with Crippen molar-refractivity contribution in [3.63, 3.8) is 0 Å². The van der Waals surface area contributed by atoms with Crippen LogP contribution in [0.1, 0.15) is 11.1 Å². The van der Waals surface area contributed by atoms with Gasteiger partial charge in [0.2, 0.25) is 0 Å². The molecule has 0 aliphatic heterocycles. The van der Waals surface area contributed by atoms with Gasteiger partial charge in [0.05, 0.1) is 5.75 Å². The molecule has 2 aromatic carbocycles. The molecule has 0 aliphatic carbocycles. The number of benzene rings is 2. The molecule has 0 aliphatic rings. The first kappa shape index (κ1) is 17.9. The summed E-state index contributed by atoms with van der Waals surface area (Å²) in [6.45, 7) is 0.337. The topological polar surface area (TPSA) is 75.3 Å². The molecule has 5 nitrogen and oxygen atoms in total. The van der Waals surface area contributed by atoms with Gasteiger partial charge in [0.25, 0.3) is 0 Å². The molecule has 2 rings (SSSR count). The zero-order chi connectivity index (χ0) is 17.6. The van der Waals surface area contributed by atoms with E-state index in [2.05, 4.69) is 10.6 Å². The van der Waals surface area contributed by atoms with Crippen LogP contribution in [0.15, 0.2) is 48.5 Å². The van der Waals surface area contributed by atoms with E-state index in [1.54, 1.807) is 36.4 Å². The quantitative estimate of drug-likeness (QED) is 0.841. The predicted octanol–water partition coefficient (Wildman–Crippen LogP) is 2.73. The molecule has 0 heterocycles. The molecule has 0 spiro atoms. The molecular formula is C17H19FN2O3S. The SMILES string of the molecule is CS(=O)(=O)Cc1ccccc1NC(=O)NCCc1cccc(F)c1. The van der Waals surface area contributed by atoms with E-state index in [1.165, 1.54) is 12.1 Å². The van der Waals surface area contributed by atoms with Gasteiger partial charge in [-0.1, -0.05) is 30.3 Å². The molecule has 0 saturated carbocycles. The lowest BCUT2D eigenvalue weighted by molar-refractivity contribution is 0.252. The smallest absolute Gasteiger partial charge is 0.319 e. The minimum atomic E-state index is -3.20. The summed E-state index contributed by atoms with van der Waals surface area (Å²) in [5.74, 6) is -0.459. The summed E-state index contributed by atoms with van der Waals surface area (Å²) in [5, 5.41) is 5.31.